The zero-order chi connectivity index (χ0) is 30.7. The Morgan fingerprint density at radius 1 is 1.17 bits per heavy atom. The summed E-state index contributed by atoms with van der Waals surface area (Å²) in [6.45, 7) is 10.6. The molecule has 10 nitrogen and oxygen atoms in total. The number of aromatic amines is 1. The Bertz CT molecular complexity index is 1300. The second kappa shape index (κ2) is 12.8. The molecule has 0 aliphatic carbocycles. The van der Waals surface area contributed by atoms with Crippen molar-refractivity contribution < 1.29 is 37.0 Å². The zero-order valence-corrected chi connectivity index (χ0v) is 24.6. The maximum absolute atomic E-state index is 14.1. The van der Waals surface area contributed by atoms with Crippen LogP contribution < -0.4 is 10.1 Å². The highest BCUT2D eigenvalue weighted by molar-refractivity contribution is 6.21. The molecular weight excluding hydrogens is 555 g/mol. The minimum Gasteiger partial charge on any atom is -0.492 e. The van der Waals surface area contributed by atoms with E-state index in [1.165, 1.54) is 12.0 Å². The van der Waals surface area contributed by atoms with E-state index in [2.05, 4.69) is 20.4 Å². The molecule has 2 aliphatic heterocycles. The highest BCUT2D eigenvalue weighted by Crippen LogP contribution is 2.44. The fourth-order valence-electron chi connectivity index (χ4n) is 5.26. The van der Waals surface area contributed by atoms with Crippen molar-refractivity contribution in [1.82, 2.24) is 25.3 Å². The summed E-state index contributed by atoms with van der Waals surface area (Å²) in [6, 6.07) is 6.24. The van der Waals surface area contributed by atoms with E-state index in [0.717, 1.165) is 19.6 Å². The number of nitrogens with zero attached hydrogens (tertiary/aromatic N) is 3. The van der Waals surface area contributed by atoms with Crippen molar-refractivity contribution in [2.75, 3.05) is 59.7 Å². The van der Waals surface area contributed by atoms with Crippen molar-refractivity contribution in [2.24, 2.45) is 0 Å². The summed E-state index contributed by atoms with van der Waals surface area (Å²) in [5.74, 6) is -0.553. The van der Waals surface area contributed by atoms with Gasteiger partial charge in [0.25, 0.3) is 11.8 Å². The van der Waals surface area contributed by atoms with Crippen LogP contribution >= 0.6 is 0 Å². The van der Waals surface area contributed by atoms with Crippen molar-refractivity contribution in [2.45, 2.75) is 45.3 Å². The molecule has 1 aromatic heterocycles. The molecule has 13 heteroatoms. The maximum atomic E-state index is 14.1. The second-order valence-corrected chi connectivity index (χ2v) is 11.3. The summed E-state index contributed by atoms with van der Waals surface area (Å²) in [6.07, 6.45) is -4.78. The number of benzene rings is 1. The Morgan fingerprint density at radius 3 is 2.43 bits per heavy atom. The van der Waals surface area contributed by atoms with E-state index in [1.54, 1.807) is 52.0 Å². The van der Waals surface area contributed by atoms with Gasteiger partial charge in [-0.15, -0.1) is 0 Å². The van der Waals surface area contributed by atoms with Gasteiger partial charge in [0, 0.05) is 55.9 Å². The Labute approximate surface area is 243 Å². The Hall–Kier alpha value is -3.42. The highest BCUT2D eigenvalue weighted by atomic mass is 19.4. The summed E-state index contributed by atoms with van der Waals surface area (Å²) < 4.78 is 58.9. The fourth-order valence-corrected chi connectivity index (χ4v) is 5.26. The first-order valence-electron chi connectivity index (χ1n) is 13.9. The minimum atomic E-state index is -4.78. The number of rotatable bonds is 9. The van der Waals surface area contributed by atoms with Crippen LogP contribution in [0.5, 0.6) is 5.75 Å². The predicted octanol–water partition coefficient (Wildman–Crippen LogP) is 3.46. The molecule has 230 valence electrons. The number of morpholine rings is 1. The number of ether oxygens (including phenoxy) is 3. The average molecular weight is 594 g/mol. The fraction of sp³-hybridized carbons (Fsp3) is 0.552. The van der Waals surface area contributed by atoms with Gasteiger partial charge in [-0.2, -0.15) is 18.3 Å². The van der Waals surface area contributed by atoms with Gasteiger partial charge in [0.2, 0.25) is 0 Å². The van der Waals surface area contributed by atoms with Gasteiger partial charge in [0.15, 0.2) is 5.69 Å². The predicted molar refractivity (Wildman–Crippen MR) is 149 cm³/mol. The lowest BCUT2D eigenvalue weighted by Crippen LogP contribution is -2.41. The number of hydrogen-bond acceptors (Lipinski definition) is 7. The van der Waals surface area contributed by atoms with Crippen molar-refractivity contribution in [3.8, 4) is 5.75 Å². The number of aromatic nitrogens is 2. The number of hydrogen-bond donors (Lipinski definition) is 2. The minimum absolute atomic E-state index is 0.0863. The first kappa shape index (κ1) is 31.5. The molecule has 42 heavy (non-hydrogen) atoms. The van der Waals surface area contributed by atoms with Gasteiger partial charge in [0.05, 0.1) is 36.8 Å². The number of amides is 2. The van der Waals surface area contributed by atoms with E-state index in [1.807, 2.05) is 0 Å². The first-order valence-corrected chi connectivity index (χ1v) is 13.9. The van der Waals surface area contributed by atoms with Crippen molar-refractivity contribution in [1.29, 1.82) is 0 Å². The van der Waals surface area contributed by atoms with Crippen molar-refractivity contribution in [3.63, 3.8) is 0 Å². The van der Waals surface area contributed by atoms with Crippen LogP contribution in [0.1, 0.15) is 55.0 Å². The van der Waals surface area contributed by atoms with Crippen LogP contribution in [-0.2, 0) is 25.9 Å². The lowest BCUT2D eigenvalue weighted by Gasteiger charge is -2.32. The summed E-state index contributed by atoms with van der Waals surface area (Å²) in [7, 11) is 1.39. The number of alkyl halides is 3. The summed E-state index contributed by atoms with van der Waals surface area (Å²) in [5.41, 5.74) is -2.34. The molecule has 1 fully saturated rings. The third-order valence-electron chi connectivity index (χ3n) is 7.18. The van der Waals surface area contributed by atoms with E-state index in [9.17, 15) is 22.8 Å². The van der Waals surface area contributed by atoms with Crippen molar-refractivity contribution in [3.05, 3.63) is 52.5 Å². The molecule has 2 aromatic rings. The van der Waals surface area contributed by atoms with E-state index < -0.39 is 29.1 Å². The van der Waals surface area contributed by atoms with Crippen LogP contribution in [-0.4, -0.2) is 97.6 Å². The molecule has 2 N–H and O–H groups in total. The number of carbonyl (C=O) groups excluding carboxylic acids is 2. The summed E-state index contributed by atoms with van der Waals surface area (Å²) in [4.78, 5) is 31.1. The van der Waals surface area contributed by atoms with E-state index in [-0.39, 0.29) is 47.3 Å². The van der Waals surface area contributed by atoms with E-state index in [4.69, 9.17) is 14.2 Å². The van der Waals surface area contributed by atoms with E-state index in [0.29, 0.717) is 25.6 Å². The lowest BCUT2D eigenvalue weighted by atomic mass is 9.81. The van der Waals surface area contributed by atoms with Crippen LogP contribution in [0.3, 0.4) is 0 Å². The third kappa shape index (κ3) is 6.96. The first-order chi connectivity index (χ1) is 19.8. The standard InChI is InChI=1S/C29H38F3N5O5/c1-18(2)33-26(38)22-21(16-40-5)37(17-28(3,4)23-24(22)34-35-25(23)29(30,31)32)27(39)19-6-8-20(9-7-19)42-15-12-36-10-13-41-14-11-36/h6-9,18H,10-17H2,1-5H3,(H,33,38)(H,34,35). The van der Waals surface area contributed by atoms with Gasteiger partial charge in [0.1, 0.15) is 12.4 Å². The number of methoxy groups -OCH3 is 1. The van der Waals surface area contributed by atoms with Gasteiger partial charge in [-0.1, -0.05) is 13.8 Å². The molecule has 0 spiro atoms. The third-order valence-corrected chi connectivity index (χ3v) is 7.18. The molecule has 4 rings (SSSR count). The topological polar surface area (TPSA) is 109 Å². The normalized spacial score (nSPS) is 17.7. The molecule has 3 heterocycles. The van der Waals surface area contributed by atoms with Crippen LogP contribution in [0.15, 0.2) is 30.0 Å². The molecule has 0 bridgehead atoms. The molecule has 0 unspecified atom stereocenters. The monoisotopic (exact) mass is 593 g/mol. The van der Waals surface area contributed by atoms with Crippen LogP contribution in [0.2, 0.25) is 0 Å². The molecule has 1 aromatic carbocycles. The number of halogens is 3. The highest BCUT2D eigenvalue weighted by Gasteiger charge is 2.47. The molecular formula is C29H38F3N5O5. The number of carbonyl (C=O) groups is 2. The molecule has 0 saturated carbocycles. The van der Waals surface area contributed by atoms with Gasteiger partial charge < -0.3 is 24.4 Å². The van der Waals surface area contributed by atoms with Crippen LogP contribution in [0, 0.1) is 0 Å². The molecule has 2 amide bonds. The number of H-pyrrole nitrogens is 1. The zero-order valence-electron chi connectivity index (χ0n) is 24.6. The SMILES string of the molecule is COCC1=C(C(=O)NC(C)C)c2[nH]nc(C(F)(F)F)c2C(C)(C)CN1C(=O)c1ccc(OCCN2CCOCC2)cc1. The lowest BCUT2D eigenvalue weighted by molar-refractivity contribution is -0.142. The smallest absolute Gasteiger partial charge is 0.435 e. The molecule has 0 atom stereocenters. The van der Waals surface area contributed by atoms with Crippen molar-refractivity contribution >= 4 is 17.4 Å². The summed E-state index contributed by atoms with van der Waals surface area (Å²) >= 11 is 0. The van der Waals surface area contributed by atoms with Gasteiger partial charge in [-0.25, -0.2) is 0 Å². The van der Waals surface area contributed by atoms with Crippen LogP contribution in [0.25, 0.3) is 5.57 Å². The second-order valence-electron chi connectivity index (χ2n) is 11.3. The van der Waals surface area contributed by atoms with Gasteiger partial charge in [-0.3, -0.25) is 19.6 Å². The maximum Gasteiger partial charge on any atom is 0.435 e. The van der Waals surface area contributed by atoms with Gasteiger partial charge in [-0.05, 0) is 38.1 Å². The Balaban J connectivity index is 1.69. The molecule has 1 saturated heterocycles. The molecule has 2 aliphatic rings. The van der Waals surface area contributed by atoms with Crippen LogP contribution in [0.4, 0.5) is 13.2 Å². The molecule has 0 radical (unpaired) electrons. The quantitative estimate of drug-likeness (QED) is 0.459. The van der Waals surface area contributed by atoms with Gasteiger partial charge >= 0.3 is 6.18 Å². The van der Waals surface area contributed by atoms with E-state index >= 15 is 0 Å². The summed E-state index contributed by atoms with van der Waals surface area (Å²) in [5, 5.41) is 8.78. The number of nitrogens with one attached hydrogen (secondary N) is 2. The Kier molecular flexibility index (Phi) is 9.63. The Morgan fingerprint density at radius 2 is 1.83 bits per heavy atom. The number of fused-ring (bicyclic) bond motifs is 1. The average Bonchev–Trinajstić information content (AvgIpc) is 3.35. The largest absolute Gasteiger partial charge is 0.492 e.